The molecule has 0 unspecified atom stereocenters. The summed E-state index contributed by atoms with van der Waals surface area (Å²) in [5, 5.41) is 0. The van der Waals surface area contributed by atoms with Crippen LogP contribution in [-0.2, 0) is 0 Å². The highest BCUT2D eigenvalue weighted by atomic mass is 79.9. The highest BCUT2D eigenvalue weighted by Crippen LogP contribution is 2.30. The summed E-state index contributed by atoms with van der Waals surface area (Å²) in [6.45, 7) is 2.77. The van der Waals surface area contributed by atoms with Crippen molar-refractivity contribution >= 4 is 53.8 Å². The van der Waals surface area contributed by atoms with Crippen molar-refractivity contribution in [1.29, 1.82) is 0 Å². The van der Waals surface area contributed by atoms with Crippen molar-refractivity contribution in [3.8, 4) is 11.5 Å². The van der Waals surface area contributed by atoms with Gasteiger partial charge in [0.05, 0.1) is 21.1 Å². The molecule has 2 rings (SSSR count). The molecular formula is C17H15Br3O3. The fraction of sp³-hybridized carbons (Fsp3) is 0.235. The first kappa shape index (κ1) is 18.5. The van der Waals surface area contributed by atoms with Gasteiger partial charge in [-0.2, -0.15) is 0 Å². The third kappa shape index (κ3) is 5.33. The number of benzene rings is 2. The minimum absolute atomic E-state index is 0.422. The number of hydrogen-bond acceptors (Lipinski definition) is 3. The lowest BCUT2D eigenvalue weighted by atomic mass is 10.2. The van der Waals surface area contributed by atoms with Gasteiger partial charge < -0.3 is 9.47 Å². The van der Waals surface area contributed by atoms with Crippen LogP contribution in [0.3, 0.4) is 0 Å². The van der Waals surface area contributed by atoms with Gasteiger partial charge in [0.15, 0.2) is 0 Å². The molecule has 0 bridgehead atoms. The molecule has 2 aromatic carbocycles. The number of esters is 1. The maximum absolute atomic E-state index is 12.3. The molecule has 0 aliphatic rings. The van der Waals surface area contributed by atoms with Gasteiger partial charge in [-0.05, 0) is 74.7 Å². The van der Waals surface area contributed by atoms with E-state index in [2.05, 4.69) is 54.7 Å². The molecule has 0 spiro atoms. The van der Waals surface area contributed by atoms with Crippen LogP contribution < -0.4 is 9.47 Å². The monoisotopic (exact) mass is 504 g/mol. The van der Waals surface area contributed by atoms with Crippen LogP contribution in [0.2, 0.25) is 0 Å². The molecule has 23 heavy (non-hydrogen) atoms. The van der Waals surface area contributed by atoms with Gasteiger partial charge in [0.1, 0.15) is 11.5 Å². The third-order valence-corrected chi connectivity index (χ3v) is 4.75. The molecule has 0 saturated heterocycles. The number of unbranched alkanes of at least 4 members (excludes halogenated alkanes) is 1. The summed E-state index contributed by atoms with van der Waals surface area (Å²) in [4.78, 5) is 12.3. The van der Waals surface area contributed by atoms with E-state index in [4.69, 9.17) is 9.47 Å². The summed E-state index contributed by atoms with van der Waals surface area (Å²) in [6, 6.07) is 10.5. The Hall–Kier alpha value is -0.850. The number of hydrogen-bond donors (Lipinski definition) is 0. The van der Waals surface area contributed by atoms with Crippen molar-refractivity contribution in [3.05, 3.63) is 55.4 Å². The second kappa shape index (κ2) is 8.85. The molecular weight excluding hydrogens is 492 g/mol. The maximum Gasteiger partial charge on any atom is 0.343 e. The highest BCUT2D eigenvalue weighted by Gasteiger charge is 2.13. The lowest BCUT2D eigenvalue weighted by Gasteiger charge is -2.10. The van der Waals surface area contributed by atoms with Crippen molar-refractivity contribution < 1.29 is 14.3 Å². The maximum atomic E-state index is 12.3. The number of carbonyl (C=O) groups excluding carboxylic acids is 1. The zero-order valence-electron chi connectivity index (χ0n) is 12.4. The molecule has 0 fully saturated rings. The van der Waals surface area contributed by atoms with Gasteiger partial charge in [0.25, 0.3) is 0 Å². The molecule has 0 amide bonds. The number of carbonyl (C=O) groups is 1. The van der Waals surface area contributed by atoms with Gasteiger partial charge in [0.2, 0.25) is 0 Å². The first-order valence-electron chi connectivity index (χ1n) is 7.11. The van der Waals surface area contributed by atoms with E-state index in [1.807, 2.05) is 12.1 Å². The largest absolute Gasteiger partial charge is 0.492 e. The average molecular weight is 507 g/mol. The van der Waals surface area contributed by atoms with E-state index in [1.54, 1.807) is 24.3 Å². The second-order valence-corrected chi connectivity index (χ2v) is 7.44. The van der Waals surface area contributed by atoms with Crippen LogP contribution in [0, 0.1) is 0 Å². The first-order chi connectivity index (χ1) is 11.0. The van der Waals surface area contributed by atoms with Crippen molar-refractivity contribution in [3.63, 3.8) is 0 Å². The summed E-state index contributed by atoms with van der Waals surface area (Å²) >= 11 is 10.2. The van der Waals surface area contributed by atoms with Crippen LogP contribution in [0.5, 0.6) is 11.5 Å². The van der Waals surface area contributed by atoms with Gasteiger partial charge in [-0.15, -0.1) is 0 Å². The average Bonchev–Trinajstić information content (AvgIpc) is 2.51. The van der Waals surface area contributed by atoms with Crippen LogP contribution in [0.15, 0.2) is 49.8 Å². The summed E-state index contributed by atoms with van der Waals surface area (Å²) in [7, 11) is 0. The van der Waals surface area contributed by atoms with E-state index in [0.29, 0.717) is 22.4 Å². The molecule has 0 aliphatic heterocycles. The topological polar surface area (TPSA) is 35.5 Å². The Labute approximate surface area is 160 Å². The minimum Gasteiger partial charge on any atom is -0.492 e. The molecule has 0 atom stereocenters. The third-order valence-electron chi connectivity index (χ3n) is 3.02. The number of rotatable bonds is 6. The van der Waals surface area contributed by atoms with Crippen molar-refractivity contribution in [2.75, 3.05) is 6.61 Å². The van der Waals surface area contributed by atoms with Crippen LogP contribution in [0.25, 0.3) is 0 Å². The Kier molecular flexibility index (Phi) is 7.11. The lowest BCUT2D eigenvalue weighted by Crippen LogP contribution is -2.09. The molecule has 6 heteroatoms. The van der Waals surface area contributed by atoms with Crippen molar-refractivity contribution in [2.24, 2.45) is 0 Å². The van der Waals surface area contributed by atoms with E-state index >= 15 is 0 Å². The smallest absolute Gasteiger partial charge is 0.343 e. The normalized spacial score (nSPS) is 10.4. The second-order valence-electron chi connectivity index (χ2n) is 4.81. The summed E-state index contributed by atoms with van der Waals surface area (Å²) < 4.78 is 13.4. The first-order valence-corrected chi connectivity index (χ1v) is 9.48. The predicted molar refractivity (Wildman–Crippen MR) is 101 cm³/mol. The Morgan fingerprint density at radius 1 is 1.00 bits per heavy atom. The molecule has 0 aliphatic carbocycles. The van der Waals surface area contributed by atoms with Crippen LogP contribution >= 0.6 is 47.8 Å². The van der Waals surface area contributed by atoms with Gasteiger partial charge in [-0.1, -0.05) is 29.3 Å². The summed E-state index contributed by atoms with van der Waals surface area (Å²) in [6.07, 6.45) is 2.07. The SMILES string of the molecule is CCCCOc1ccc(C(=O)Oc2ccc(Br)cc2Br)cc1Br. The zero-order valence-corrected chi connectivity index (χ0v) is 17.2. The standard InChI is InChI=1S/C17H15Br3O3/c1-2-3-8-22-15-6-4-11(9-13(15)19)17(21)23-16-7-5-12(18)10-14(16)20/h4-7,9-10H,2-3,8H2,1H3. The van der Waals surface area contributed by atoms with Gasteiger partial charge in [-0.3, -0.25) is 0 Å². The van der Waals surface area contributed by atoms with E-state index in [1.165, 1.54) is 0 Å². The Morgan fingerprint density at radius 3 is 2.35 bits per heavy atom. The van der Waals surface area contributed by atoms with E-state index in [9.17, 15) is 4.79 Å². The quantitative estimate of drug-likeness (QED) is 0.259. The Bertz CT molecular complexity index is 701. The summed E-state index contributed by atoms with van der Waals surface area (Å²) in [5.41, 5.74) is 0.453. The van der Waals surface area contributed by atoms with Crippen LogP contribution in [0.4, 0.5) is 0 Å². The molecule has 122 valence electrons. The van der Waals surface area contributed by atoms with Crippen LogP contribution in [0.1, 0.15) is 30.1 Å². The van der Waals surface area contributed by atoms with E-state index < -0.39 is 5.97 Å². The molecule has 3 nitrogen and oxygen atoms in total. The van der Waals surface area contributed by atoms with Gasteiger partial charge in [0, 0.05) is 4.47 Å². The van der Waals surface area contributed by atoms with E-state index in [0.717, 1.165) is 27.5 Å². The van der Waals surface area contributed by atoms with Crippen molar-refractivity contribution in [1.82, 2.24) is 0 Å². The highest BCUT2D eigenvalue weighted by molar-refractivity contribution is 9.11. The molecule has 0 heterocycles. The fourth-order valence-corrected chi connectivity index (χ4v) is 3.41. The fourth-order valence-electron chi connectivity index (χ4n) is 1.79. The lowest BCUT2D eigenvalue weighted by molar-refractivity contribution is 0.0733. The zero-order chi connectivity index (χ0) is 16.8. The molecule has 2 aromatic rings. The summed E-state index contributed by atoms with van der Waals surface area (Å²) in [5.74, 6) is 0.770. The van der Waals surface area contributed by atoms with Gasteiger partial charge >= 0.3 is 5.97 Å². The Balaban J connectivity index is 2.09. The molecule has 0 saturated carbocycles. The van der Waals surface area contributed by atoms with E-state index in [-0.39, 0.29) is 0 Å². The van der Waals surface area contributed by atoms with Crippen molar-refractivity contribution in [2.45, 2.75) is 19.8 Å². The van der Waals surface area contributed by atoms with Crippen LogP contribution in [-0.4, -0.2) is 12.6 Å². The minimum atomic E-state index is -0.422. The van der Waals surface area contributed by atoms with Gasteiger partial charge in [-0.25, -0.2) is 4.79 Å². The molecule has 0 radical (unpaired) electrons. The number of ether oxygens (including phenoxy) is 2. The molecule has 0 N–H and O–H groups in total. The Morgan fingerprint density at radius 2 is 1.70 bits per heavy atom. The predicted octanol–water partition coefficient (Wildman–Crippen LogP) is 6.37. The molecule has 0 aromatic heterocycles. The number of halogens is 3.